The average molecular weight is 315 g/mol. The molecule has 5 heteroatoms. The van der Waals surface area contributed by atoms with Crippen LogP contribution in [-0.2, 0) is 4.74 Å². The van der Waals surface area contributed by atoms with Crippen molar-refractivity contribution >= 4 is 11.5 Å². The van der Waals surface area contributed by atoms with Crippen molar-refractivity contribution in [1.82, 2.24) is 0 Å². The summed E-state index contributed by atoms with van der Waals surface area (Å²) in [5.41, 5.74) is 8.51. The maximum atomic E-state index is 8.97. The van der Waals surface area contributed by atoms with Crippen molar-refractivity contribution in [3.05, 3.63) is 53.3 Å². The number of hydrogen-bond donors (Lipinski definition) is 4. The van der Waals surface area contributed by atoms with Gasteiger partial charge >= 0.3 is 0 Å². The number of benzene rings is 1. The Kier molecular flexibility index (Phi) is 6.23. The van der Waals surface area contributed by atoms with E-state index in [2.05, 4.69) is 24.4 Å². The summed E-state index contributed by atoms with van der Waals surface area (Å²) in [6.07, 6.45) is 7.38. The number of nitrogen functional groups attached to an aromatic ring is 1. The normalized spacial score (nSPS) is 17.2. The highest BCUT2D eigenvalue weighted by molar-refractivity contribution is 5.95. The standard InChI is InChI=1S/C18H25N3O2/c1-2-3-13-4-9-17(23-11-10-22)16(12-13)21-15-7-5-14(6-8-15)18(19)20/h5-9,12,16,21-22H,2-4,10-11H2,1H3,(H3,19,20). The monoisotopic (exact) mass is 315 g/mol. The second-order valence-corrected chi connectivity index (χ2v) is 5.57. The molecule has 0 saturated heterocycles. The molecule has 2 rings (SSSR count). The zero-order chi connectivity index (χ0) is 16.7. The van der Waals surface area contributed by atoms with Crippen LogP contribution in [0.25, 0.3) is 0 Å². The Hall–Kier alpha value is -2.27. The summed E-state index contributed by atoms with van der Waals surface area (Å²) in [6.45, 7) is 2.47. The molecule has 0 radical (unpaired) electrons. The minimum absolute atomic E-state index is 0.00288. The Morgan fingerprint density at radius 3 is 2.74 bits per heavy atom. The molecule has 0 amide bonds. The lowest BCUT2D eigenvalue weighted by Crippen LogP contribution is -2.25. The van der Waals surface area contributed by atoms with Crippen molar-refractivity contribution in [3.8, 4) is 0 Å². The number of anilines is 1. The molecule has 5 N–H and O–H groups in total. The predicted octanol–water partition coefficient (Wildman–Crippen LogP) is 2.77. The van der Waals surface area contributed by atoms with Gasteiger partial charge in [-0.3, -0.25) is 5.41 Å². The molecule has 1 aliphatic carbocycles. The molecule has 124 valence electrons. The van der Waals surface area contributed by atoms with Crippen LogP contribution < -0.4 is 11.1 Å². The quantitative estimate of drug-likeness (QED) is 0.337. The number of nitrogens with two attached hydrogens (primary N) is 1. The van der Waals surface area contributed by atoms with Crippen LogP contribution in [0.2, 0.25) is 0 Å². The largest absolute Gasteiger partial charge is 0.493 e. The summed E-state index contributed by atoms with van der Waals surface area (Å²) < 4.78 is 5.66. The van der Waals surface area contributed by atoms with Crippen molar-refractivity contribution < 1.29 is 9.84 Å². The number of aliphatic hydroxyl groups excluding tert-OH is 1. The number of rotatable bonds is 8. The van der Waals surface area contributed by atoms with E-state index in [1.165, 1.54) is 5.57 Å². The zero-order valence-corrected chi connectivity index (χ0v) is 13.5. The van der Waals surface area contributed by atoms with E-state index in [0.29, 0.717) is 12.2 Å². The van der Waals surface area contributed by atoms with Crippen LogP contribution in [0, 0.1) is 5.41 Å². The highest BCUT2D eigenvalue weighted by Gasteiger charge is 2.18. The average Bonchev–Trinajstić information content (AvgIpc) is 2.55. The predicted molar refractivity (Wildman–Crippen MR) is 93.6 cm³/mol. The number of nitrogens with one attached hydrogen (secondary N) is 2. The molecule has 1 aromatic rings. The first-order valence-electron chi connectivity index (χ1n) is 7.98. The van der Waals surface area contributed by atoms with Crippen LogP contribution in [0.15, 0.2) is 47.7 Å². The summed E-state index contributed by atoms with van der Waals surface area (Å²) in [5.74, 6) is 0.903. The first-order valence-corrected chi connectivity index (χ1v) is 7.98. The molecule has 0 aromatic heterocycles. The molecule has 1 aromatic carbocycles. The van der Waals surface area contributed by atoms with Gasteiger partial charge in [0, 0.05) is 11.3 Å². The minimum atomic E-state index is -0.0416. The Labute approximate surface area is 137 Å². The van der Waals surface area contributed by atoms with Gasteiger partial charge in [0.15, 0.2) is 0 Å². The van der Waals surface area contributed by atoms with Crippen LogP contribution in [0.1, 0.15) is 31.7 Å². The Bertz CT molecular complexity index is 591. The maximum Gasteiger partial charge on any atom is 0.122 e. The topological polar surface area (TPSA) is 91.4 Å². The summed E-state index contributed by atoms with van der Waals surface area (Å²) in [6, 6.07) is 7.41. The molecule has 1 atom stereocenters. The molecule has 1 aliphatic rings. The number of ether oxygens (including phenoxy) is 1. The van der Waals surface area contributed by atoms with Gasteiger partial charge in [0.1, 0.15) is 24.2 Å². The van der Waals surface area contributed by atoms with Gasteiger partial charge in [-0.2, -0.15) is 0 Å². The van der Waals surface area contributed by atoms with E-state index in [9.17, 15) is 0 Å². The Morgan fingerprint density at radius 2 is 2.13 bits per heavy atom. The molecule has 1 unspecified atom stereocenters. The second-order valence-electron chi connectivity index (χ2n) is 5.57. The summed E-state index contributed by atoms with van der Waals surface area (Å²) >= 11 is 0. The fourth-order valence-electron chi connectivity index (χ4n) is 2.60. The molecular weight excluding hydrogens is 290 g/mol. The first kappa shape index (κ1) is 17.1. The van der Waals surface area contributed by atoms with E-state index in [-0.39, 0.29) is 18.5 Å². The zero-order valence-electron chi connectivity index (χ0n) is 13.5. The molecule has 0 fully saturated rings. The fraction of sp³-hybridized carbons (Fsp3) is 0.389. The van der Waals surface area contributed by atoms with Gasteiger partial charge in [0.25, 0.3) is 0 Å². The third-order valence-electron chi connectivity index (χ3n) is 3.72. The SMILES string of the molecule is CCCC1=CC(Nc2ccc(C(=N)N)cc2)C(OCCO)=CC1. The molecule has 0 aliphatic heterocycles. The van der Waals surface area contributed by atoms with Crippen molar-refractivity contribution in [1.29, 1.82) is 5.41 Å². The number of allylic oxidation sites excluding steroid dienone is 2. The Morgan fingerprint density at radius 1 is 1.39 bits per heavy atom. The lowest BCUT2D eigenvalue weighted by Gasteiger charge is -2.25. The van der Waals surface area contributed by atoms with Gasteiger partial charge < -0.3 is 20.9 Å². The Balaban J connectivity index is 2.12. The van der Waals surface area contributed by atoms with Crippen molar-refractivity contribution in [2.75, 3.05) is 18.5 Å². The molecule has 23 heavy (non-hydrogen) atoms. The molecule has 0 heterocycles. The van der Waals surface area contributed by atoms with E-state index >= 15 is 0 Å². The lowest BCUT2D eigenvalue weighted by atomic mass is 9.97. The van der Waals surface area contributed by atoms with Crippen molar-refractivity contribution in [2.45, 2.75) is 32.2 Å². The van der Waals surface area contributed by atoms with E-state index < -0.39 is 0 Å². The summed E-state index contributed by atoms with van der Waals surface area (Å²) in [5, 5.41) is 19.8. The van der Waals surface area contributed by atoms with Crippen LogP contribution in [0.5, 0.6) is 0 Å². The van der Waals surface area contributed by atoms with E-state index in [1.54, 1.807) is 0 Å². The number of hydrogen-bond acceptors (Lipinski definition) is 4. The third kappa shape index (κ3) is 4.86. The molecule has 0 spiro atoms. The second kappa shape index (κ2) is 8.39. The molecule has 5 nitrogen and oxygen atoms in total. The van der Waals surface area contributed by atoms with Crippen LogP contribution in [0.3, 0.4) is 0 Å². The van der Waals surface area contributed by atoms with Crippen LogP contribution >= 0.6 is 0 Å². The molecule has 0 saturated carbocycles. The molecule has 0 bridgehead atoms. The van der Waals surface area contributed by atoms with Gasteiger partial charge in [0.2, 0.25) is 0 Å². The van der Waals surface area contributed by atoms with Gasteiger partial charge in [-0.05, 0) is 43.2 Å². The highest BCUT2D eigenvalue weighted by Crippen LogP contribution is 2.25. The minimum Gasteiger partial charge on any atom is -0.493 e. The first-order chi connectivity index (χ1) is 11.1. The van der Waals surface area contributed by atoms with Crippen LogP contribution in [-0.4, -0.2) is 30.2 Å². The maximum absolute atomic E-state index is 8.97. The smallest absolute Gasteiger partial charge is 0.122 e. The van der Waals surface area contributed by atoms with Gasteiger partial charge in [-0.25, -0.2) is 0 Å². The van der Waals surface area contributed by atoms with E-state index in [4.69, 9.17) is 21.0 Å². The molecular formula is C18H25N3O2. The van der Waals surface area contributed by atoms with Gasteiger partial charge in [-0.1, -0.05) is 25.0 Å². The fourth-order valence-corrected chi connectivity index (χ4v) is 2.60. The van der Waals surface area contributed by atoms with E-state index in [1.807, 2.05) is 24.3 Å². The van der Waals surface area contributed by atoms with Crippen LogP contribution in [0.4, 0.5) is 5.69 Å². The van der Waals surface area contributed by atoms with Gasteiger partial charge in [-0.15, -0.1) is 0 Å². The third-order valence-corrected chi connectivity index (χ3v) is 3.72. The lowest BCUT2D eigenvalue weighted by molar-refractivity contribution is 0.139. The van der Waals surface area contributed by atoms with Crippen molar-refractivity contribution in [2.24, 2.45) is 5.73 Å². The van der Waals surface area contributed by atoms with E-state index in [0.717, 1.165) is 30.7 Å². The number of aliphatic hydroxyl groups is 1. The van der Waals surface area contributed by atoms with Crippen molar-refractivity contribution in [3.63, 3.8) is 0 Å². The summed E-state index contributed by atoms with van der Waals surface area (Å²) in [7, 11) is 0. The summed E-state index contributed by atoms with van der Waals surface area (Å²) in [4.78, 5) is 0. The van der Waals surface area contributed by atoms with Gasteiger partial charge in [0.05, 0.1) is 6.61 Å². The highest BCUT2D eigenvalue weighted by atomic mass is 16.5. The number of amidine groups is 1.